The van der Waals surface area contributed by atoms with Crippen LogP contribution in [0.25, 0.3) is 0 Å². The molecule has 0 aliphatic heterocycles. The first kappa shape index (κ1) is 15.4. The Kier molecular flexibility index (Phi) is 5.28. The van der Waals surface area contributed by atoms with Crippen molar-refractivity contribution in [2.24, 2.45) is 0 Å². The number of nitrogens with one attached hydrogen (secondary N) is 2. The first-order valence-corrected chi connectivity index (χ1v) is 6.91. The van der Waals surface area contributed by atoms with Crippen LogP contribution in [0.3, 0.4) is 0 Å². The van der Waals surface area contributed by atoms with Gasteiger partial charge in [0.15, 0.2) is 0 Å². The molecule has 0 saturated heterocycles. The molecule has 0 radical (unpaired) electrons. The minimum atomic E-state index is -3.61. The molecule has 1 aromatic carbocycles. The molecule has 8 heteroatoms. The van der Waals surface area contributed by atoms with Crippen LogP contribution in [0.2, 0.25) is 0 Å². The summed E-state index contributed by atoms with van der Waals surface area (Å²) in [4.78, 5) is 11.6. The van der Waals surface area contributed by atoms with E-state index < -0.39 is 16.1 Å². The molecule has 0 atom stereocenters. The van der Waals surface area contributed by atoms with Gasteiger partial charge in [0.2, 0.25) is 5.91 Å². The number of carbonyl (C=O) groups excluding carboxylic acids is 1. The lowest BCUT2D eigenvalue weighted by molar-refractivity contribution is -0.115. The first-order valence-electron chi connectivity index (χ1n) is 5.47. The predicted molar refractivity (Wildman–Crippen MR) is 72.2 cm³/mol. The maximum Gasteiger partial charge on any atom is 0.279 e. The van der Waals surface area contributed by atoms with Gasteiger partial charge >= 0.3 is 0 Å². The highest BCUT2D eigenvalue weighted by Gasteiger charge is 2.15. The van der Waals surface area contributed by atoms with Crippen LogP contribution in [-0.2, 0) is 15.0 Å². The van der Waals surface area contributed by atoms with E-state index in [0.717, 1.165) is 4.31 Å². The van der Waals surface area contributed by atoms with Gasteiger partial charge in [0.25, 0.3) is 10.2 Å². The van der Waals surface area contributed by atoms with Gasteiger partial charge < -0.3 is 10.1 Å². The summed E-state index contributed by atoms with van der Waals surface area (Å²) in [5.41, 5.74) is 0.485. The van der Waals surface area contributed by atoms with Gasteiger partial charge in [-0.05, 0) is 12.1 Å². The van der Waals surface area contributed by atoms with Crippen LogP contribution in [0.15, 0.2) is 24.3 Å². The first-order chi connectivity index (χ1) is 8.86. The average molecular weight is 287 g/mol. The predicted octanol–water partition coefficient (Wildman–Crippen LogP) is 0.0297. The third kappa shape index (κ3) is 4.51. The number of benzene rings is 1. The summed E-state index contributed by atoms with van der Waals surface area (Å²) in [6, 6.07) is 6.86. The Morgan fingerprint density at radius 1 is 1.32 bits per heavy atom. The second-order valence-corrected chi connectivity index (χ2v) is 5.83. The van der Waals surface area contributed by atoms with Crippen LogP contribution in [0, 0.1) is 0 Å². The van der Waals surface area contributed by atoms with Crippen LogP contribution < -0.4 is 14.8 Å². The molecule has 1 amide bonds. The number of amides is 1. The highest BCUT2D eigenvalue weighted by Crippen LogP contribution is 2.22. The summed E-state index contributed by atoms with van der Waals surface area (Å²) in [5, 5.41) is 2.56. The average Bonchev–Trinajstić information content (AvgIpc) is 2.37. The molecule has 0 aromatic heterocycles. The number of ether oxygens (including phenoxy) is 1. The quantitative estimate of drug-likeness (QED) is 0.772. The van der Waals surface area contributed by atoms with E-state index in [1.807, 2.05) is 0 Å². The molecule has 7 nitrogen and oxygen atoms in total. The van der Waals surface area contributed by atoms with Gasteiger partial charge in [-0.3, -0.25) is 4.79 Å². The zero-order chi connectivity index (χ0) is 14.5. The summed E-state index contributed by atoms with van der Waals surface area (Å²) < 4.78 is 31.1. The van der Waals surface area contributed by atoms with Gasteiger partial charge in [-0.1, -0.05) is 12.1 Å². The highest BCUT2D eigenvalue weighted by molar-refractivity contribution is 7.87. The van der Waals surface area contributed by atoms with Crippen molar-refractivity contribution in [2.75, 3.05) is 33.1 Å². The third-order valence-electron chi connectivity index (χ3n) is 2.28. The summed E-state index contributed by atoms with van der Waals surface area (Å²) in [6.07, 6.45) is 0. The second kappa shape index (κ2) is 6.50. The van der Waals surface area contributed by atoms with Gasteiger partial charge in [0, 0.05) is 14.1 Å². The van der Waals surface area contributed by atoms with Crippen molar-refractivity contribution >= 4 is 21.8 Å². The van der Waals surface area contributed by atoms with Crippen molar-refractivity contribution in [3.63, 3.8) is 0 Å². The van der Waals surface area contributed by atoms with Gasteiger partial charge in [0.1, 0.15) is 5.75 Å². The van der Waals surface area contributed by atoms with Crippen molar-refractivity contribution in [2.45, 2.75) is 0 Å². The zero-order valence-electron chi connectivity index (χ0n) is 11.0. The van der Waals surface area contributed by atoms with E-state index in [9.17, 15) is 13.2 Å². The highest BCUT2D eigenvalue weighted by atomic mass is 32.2. The molecular weight excluding hydrogens is 270 g/mol. The molecule has 106 valence electrons. The van der Waals surface area contributed by atoms with E-state index in [-0.39, 0.29) is 6.54 Å². The standard InChI is InChI=1S/C11H17N3O4S/c1-14(2)19(16,17)12-8-11(15)13-9-6-4-5-7-10(9)18-3/h4-7,12H,8H2,1-3H3,(H,13,15). The lowest BCUT2D eigenvalue weighted by atomic mass is 10.3. The minimum absolute atomic E-state index is 0.349. The van der Waals surface area contributed by atoms with Crippen LogP contribution >= 0.6 is 0 Å². The maximum absolute atomic E-state index is 11.6. The Balaban J connectivity index is 2.62. The van der Waals surface area contributed by atoms with Gasteiger partial charge in [-0.15, -0.1) is 0 Å². The number of carbonyl (C=O) groups is 1. The molecule has 0 fully saturated rings. The summed E-state index contributed by atoms with van der Waals surface area (Å²) >= 11 is 0. The Hall–Kier alpha value is -1.64. The van der Waals surface area contributed by atoms with Crippen molar-refractivity contribution in [3.8, 4) is 5.75 Å². The Morgan fingerprint density at radius 3 is 2.53 bits per heavy atom. The largest absolute Gasteiger partial charge is 0.495 e. The fourth-order valence-electron chi connectivity index (χ4n) is 1.23. The lowest BCUT2D eigenvalue weighted by Crippen LogP contribution is -2.40. The lowest BCUT2D eigenvalue weighted by Gasteiger charge is -2.13. The van der Waals surface area contributed by atoms with Crippen molar-refractivity contribution in [1.29, 1.82) is 0 Å². The normalized spacial score (nSPS) is 11.4. The fourth-order valence-corrected chi connectivity index (χ4v) is 1.80. The molecular formula is C11H17N3O4S. The Morgan fingerprint density at radius 2 is 1.95 bits per heavy atom. The molecule has 0 saturated carbocycles. The zero-order valence-corrected chi connectivity index (χ0v) is 11.8. The molecule has 0 aliphatic carbocycles. The molecule has 0 spiro atoms. The third-order valence-corrected chi connectivity index (χ3v) is 3.75. The van der Waals surface area contributed by atoms with Crippen molar-refractivity contribution in [1.82, 2.24) is 9.03 Å². The smallest absolute Gasteiger partial charge is 0.279 e. The maximum atomic E-state index is 11.6. The molecule has 0 aliphatic rings. The molecule has 0 heterocycles. The SMILES string of the molecule is COc1ccccc1NC(=O)CNS(=O)(=O)N(C)C. The number of rotatable bonds is 6. The summed E-state index contributed by atoms with van der Waals surface area (Å²) in [5.74, 6) is 0.0289. The van der Waals surface area contributed by atoms with E-state index in [1.54, 1.807) is 24.3 Å². The van der Waals surface area contributed by atoms with Crippen LogP contribution in [0.5, 0.6) is 5.75 Å². The van der Waals surface area contributed by atoms with Crippen LogP contribution in [0.4, 0.5) is 5.69 Å². The molecule has 0 bridgehead atoms. The Bertz CT molecular complexity index is 543. The van der Waals surface area contributed by atoms with Crippen LogP contribution in [0.1, 0.15) is 0 Å². The summed E-state index contributed by atoms with van der Waals surface area (Å²) in [6.45, 7) is -0.349. The van der Waals surface area contributed by atoms with Crippen molar-refractivity contribution < 1.29 is 17.9 Å². The molecule has 19 heavy (non-hydrogen) atoms. The molecule has 0 unspecified atom stereocenters. The number of anilines is 1. The Labute approximate surface area is 112 Å². The van der Waals surface area contributed by atoms with Gasteiger partial charge in [0.05, 0.1) is 19.3 Å². The number of hydrogen-bond donors (Lipinski definition) is 2. The van der Waals surface area contributed by atoms with Gasteiger partial charge in [-0.2, -0.15) is 17.4 Å². The number of nitrogens with zero attached hydrogens (tertiary/aromatic N) is 1. The van der Waals surface area contributed by atoms with E-state index in [2.05, 4.69) is 10.0 Å². The second-order valence-electron chi connectivity index (χ2n) is 3.86. The fraction of sp³-hybridized carbons (Fsp3) is 0.364. The van der Waals surface area contributed by atoms with E-state index in [1.165, 1.54) is 21.2 Å². The van der Waals surface area contributed by atoms with E-state index >= 15 is 0 Å². The van der Waals surface area contributed by atoms with E-state index in [0.29, 0.717) is 11.4 Å². The monoisotopic (exact) mass is 287 g/mol. The number of methoxy groups -OCH3 is 1. The minimum Gasteiger partial charge on any atom is -0.495 e. The number of hydrogen-bond acceptors (Lipinski definition) is 4. The number of para-hydroxylation sites is 2. The topological polar surface area (TPSA) is 87.7 Å². The molecule has 1 rings (SSSR count). The van der Waals surface area contributed by atoms with Gasteiger partial charge in [-0.25, -0.2) is 0 Å². The van der Waals surface area contributed by atoms with E-state index in [4.69, 9.17) is 4.74 Å². The van der Waals surface area contributed by atoms with Crippen molar-refractivity contribution in [3.05, 3.63) is 24.3 Å². The summed E-state index contributed by atoms with van der Waals surface area (Å²) in [7, 11) is 0.627. The van der Waals surface area contributed by atoms with Crippen LogP contribution in [-0.4, -0.2) is 46.4 Å². The molecule has 2 N–H and O–H groups in total. The molecule has 1 aromatic rings.